The third kappa shape index (κ3) is 7.85. The number of hydrogen-bond donors (Lipinski definition) is 0. The summed E-state index contributed by atoms with van der Waals surface area (Å²) in [6.07, 6.45) is 9.08. The number of hydrogen-bond acceptors (Lipinski definition) is 3. The minimum absolute atomic E-state index is 0.0599. The lowest BCUT2D eigenvalue weighted by molar-refractivity contribution is -0.288. The SMILES string of the molecule is CCCCCCCC(CCC)C(Oc1ccccc1)(Oc1ccccc1)Oc1ccccc1. The highest BCUT2D eigenvalue weighted by Gasteiger charge is 2.47. The lowest BCUT2D eigenvalue weighted by Gasteiger charge is -2.39. The molecule has 0 radical (unpaired) electrons. The Morgan fingerprint density at radius 1 is 0.515 bits per heavy atom. The first-order valence-electron chi connectivity index (χ1n) is 12.5. The quantitative estimate of drug-likeness (QED) is 0.173. The fourth-order valence-corrected chi connectivity index (χ4v) is 4.11. The monoisotopic (exact) mass is 446 g/mol. The first kappa shape index (κ1) is 24.7. The molecule has 176 valence electrons. The number of benzene rings is 3. The maximum atomic E-state index is 6.66. The Balaban J connectivity index is 1.97. The molecule has 0 aliphatic heterocycles. The highest BCUT2D eigenvalue weighted by atomic mass is 16.9. The molecule has 0 heterocycles. The van der Waals surface area contributed by atoms with Gasteiger partial charge in [-0.05, 0) is 49.2 Å². The van der Waals surface area contributed by atoms with Crippen LogP contribution in [0.5, 0.6) is 17.2 Å². The number of ether oxygens (including phenoxy) is 3. The molecule has 0 saturated carbocycles. The molecule has 0 aliphatic carbocycles. The first-order chi connectivity index (χ1) is 16.3. The van der Waals surface area contributed by atoms with Gasteiger partial charge >= 0.3 is 5.97 Å². The van der Waals surface area contributed by atoms with E-state index in [4.69, 9.17) is 14.2 Å². The van der Waals surface area contributed by atoms with Crippen LogP contribution < -0.4 is 14.2 Å². The lowest BCUT2D eigenvalue weighted by Crippen LogP contribution is -2.54. The second-order valence-corrected chi connectivity index (χ2v) is 8.54. The summed E-state index contributed by atoms with van der Waals surface area (Å²) < 4.78 is 20.0. The van der Waals surface area contributed by atoms with E-state index in [1.807, 2.05) is 91.0 Å². The zero-order valence-electron chi connectivity index (χ0n) is 20.1. The Morgan fingerprint density at radius 3 is 1.33 bits per heavy atom. The average molecular weight is 447 g/mol. The third-order valence-corrected chi connectivity index (χ3v) is 5.80. The van der Waals surface area contributed by atoms with Gasteiger partial charge in [-0.2, -0.15) is 0 Å². The average Bonchev–Trinajstić information content (AvgIpc) is 2.85. The number of rotatable bonds is 15. The van der Waals surface area contributed by atoms with Crippen LogP contribution in [0.1, 0.15) is 65.2 Å². The summed E-state index contributed by atoms with van der Waals surface area (Å²) >= 11 is 0. The third-order valence-electron chi connectivity index (χ3n) is 5.80. The minimum Gasteiger partial charge on any atom is -0.420 e. The molecule has 3 aromatic rings. The lowest BCUT2D eigenvalue weighted by atomic mass is 9.93. The van der Waals surface area contributed by atoms with Crippen LogP contribution in [0.4, 0.5) is 0 Å². The molecule has 3 heteroatoms. The summed E-state index contributed by atoms with van der Waals surface area (Å²) in [7, 11) is 0. The van der Waals surface area contributed by atoms with Crippen molar-refractivity contribution in [3.63, 3.8) is 0 Å². The highest BCUT2D eigenvalue weighted by molar-refractivity contribution is 5.26. The molecule has 3 rings (SSSR count). The predicted octanol–water partition coefficient (Wildman–Crippen LogP) is 8.65. The Morgan fingerprint density at radius 2 is 0.939 bits per heavy atom. The van der Waals surface area contributed by atoms with E-state index < -0.39 is 5.97 Å². The van der Waals surface area contributed by atoms with Crippen LogP contribution in [0.2, 0.25) is 0 Å². The summed E-state index contributed by atoms with van der Waals surface area (Å²) in [6.45, 7) is 4.46. The topological polar surface area (TPSA) is 27.7 Å². The second-order valence-electron chi connectivity index (χ2n) is 8.54. The molecule has 1 atom stereocenters. The molecule has 0 aliphatic rings. The van der Waals surface area contributed by atoms with E-state index in [1.54, 1.807) is 0 Å². The standard InChI is InChI=1S/C30H38O3/c1-3-5-6-7-11-19-26(18-4-2)30(31-27-20-12-8-13-21-27,32-28-22-14-9-15-23-28)33-29-24-16-10-17-25-29/h8-10,12-17,20-26H,3-7,11,18-19H2,1-2H3. The van der Waals surface area contributed by atoms with Gasteiger partial charge in [0.1, 0.15) is 17.2 Å². The van der Waals surface area contributed by atoms with Gasteiger partial charge in [-0.15, -0.1) is 0 Å². The summed E-state index contributed by atoms with van der Waals surface area (Å²) in [5.74, 6) is 0.985. The van der Waals surface area contributed by atoms with E-state index in [0.29, 0.717) is 0 Å². The van der Waals surface area contributed by atoms with Crippen LogP contribution in [0.25, 0.3) is 0 Å². The fourth-order valence-electron chi connectivity index (χ4n) is 4.11. The van der Waals surface area contributed by atoms with Crippen LogP contribution >= 0.6 is 0 Å². The van der Waals surface area contributed by atoms with Crippen molar-refractivity contribution >= 4 is 0 Å². The van der Waals surface area contributed by atoms with Crippen molar-refractivity contribution in [3.05, 3.63) is 91.0 Å². The molecule has 0 saturated heterocycles. The van der Waals surface area contributed by atoms with Gasteiger partial charge in [-0.25, -0.2) is 0 Å². The molecule has 0 N–H and O–H groups in total. The van der Waals surface area contributed by atoms with Crippen LogP contribution in [0.15, 0.2) is 91.0 Å². The molecular formula is C30H38O3. The van der Waals surface area contributed by atoms with E-state index in [0.717, 1.165) is 42.9 Å². The Labute approximate surface area is 199 Å². The number of para-hydroxylation sites is 3. The van der Waals surface area contributed by atoms with Crippen LogP contribution in [-0.2, 0) is 0 Å². The smallest absolute Gasteiger partial charge is 0.420 e. The molecule has 33 heavy (non-hydrogen) atoms. The van der Waals surface area contributed by atoms with Crippen molar-refractivity contribution in [3.8, 4) is 17.2 Å². The molecular weight excluding hydrogens is 408 g/mol. The zero-order chi connectivity index (χ0) is 23.2. The van der Waals surface area contributed by atoms with Crippen molar-refractivity contribution < 1.29 is 14.2 Å². The van der Waals surface area contributed by atoms with Gasteiger partial charge < -0.3 is 14.2 Å². The summed E-state index contributed by atoms with van der Waals surface area (Å²) in [4.78, 5) is 0. The van der Waals surface area contributed by atoms with E-state index in [2.05, 4.69) is 13.8 Å². The molecule has 0 spiro atoms. The van der Waals surface area contributed by atoms with Gasteiger partial charge in [0.2, 0.25) is 0 Å². The van der Waals surface area contributed by atoms with Gasteiger partial charge in [-0.1, -0.05) is 107 Å². The largest absolute Gasteiger partial charge is 0.420 e. The van der Waals surface area contributed by atoms with Crippen LogP contribution in [0, 0.1) is 5.92 Å². The van der Waals surface area contributed by atoms with Gasteiger partial charge in [0, 0.05) is 0 Å². The van der Waals surface area contributed by atoms with Crippen molar-refractivity contribution in [2.75, 3.05) is 0 Å². The predicted molar refractivity (Wildman–Crippen MR) is 136 cm³/mol. The Bertz CT molecular complexity index is 779. The highest BCUT2D eigenvalue weighted by Crippen LogP contribution is 2.37. The van der Waals surface area contributed by atoms with Gasteiger partial charge in [0.05, 0.1) is 5.92 Å². The van der Waals surface area contributed by atoms with Crippen LogP contribution in [-0.4, -0.2) is 5.97 Å². The first-order valence-corrected chi connectivity index (χ1v) is 12.5. The van der Waals surface area contributed by atoms with Crippen molar-refractivity contribution in [2.45, 2.75) is 71.2 Å². The van der Waals surface area contributed by atoms with Crippen molar-refractivity contribution in [2.24, 2.45) is 5.92 Å². The molecule has 3 aromatic carbocycles. The van der Waals surface area contributed by atoms with Gasteiger partial charge in [-0.3, -0.25) is 0 Å². The molecule has 3 nitrogen and oxygen atoms in total. The Kier molecular flexibility index (Phi) is 10.2. The van der Waals surface area contributed by atoms with Gasteiger partial charge in [0.15, 0.2) is 0 Å². The summed E-state index contributed by atoms with van der Waals surface area (Å²) in [5, 5.41) is 0. The maximum Gasteiger partial charge on any atom is 0.420 e. The molecule has 0 aromatic heterocycles. The van der Waals surface area contributed by atoms with Gasteiger partial charge in [0.25, 0.3) is 0 Å². The summed E-state index contributed by atoms with van der Waals surface area (Å²) in [5.41, 5.74) is 0. The normalized spacial score (nSPS) is 12.2. The minimum atomic E-state index is -1.27. The van der Waals surface area contributed by atoms with Crippen molar-refractivity contribution in [1.82, 2.24) is 0 Å². The van der Waals surface area contributed by atoms with E-state index in [1.165, 1.54) is 25.7 Å². The maximum absolute atomic E-state index is 6.66. The molecule has 1 unspecified atom stereocenters. The van der Waals surface area contributed by atoms with E-state index >= 15 is 0 Å². The van der Waals surface area contributed by atoms with Crippen molar-refractivity contribution in [1.29, 1.82) is 0 Å². The second kappa shape index (κ2) is 13.6. The van der Waals surface area contributed by atoms with E-state index in [9.17, 15) is 0 Å². The number of unbranched alkanes of at least 4 members (excludes halogenated alkanes) is 4. The zero-order valence-corrected chi connectivity index (χ0v) is 20.1. The summed E-state index contributed by atoms with van der Waals surface area (Å²) in [6, 6.07) is 29.6. The molecule has 0 fully saturated rings. The van der Waals surface area contributed by atoms with E-state index in [-0.39, 0.29) is 5.92 Å². The molecule has 0 bridgehead atoms. The molecule has 0 amide bonds. The van der Waals surface area contributed by atoms with Crippen LogP contribution in [0.3, 0.4) is 0 Å². The fraction of sp³-hybridized carbons (Fsp3) is 0.400. The Hall–Kier alpha value is -2.94.